The highest BCUT2D eigenvalue weighted by atomic mass is 19.3. The van der Waals surface area contributed by atoms with E-state index in [1.54, 1.807) is 0 Å². The first kappa shape index (κ1) is 23.3. The van der Waals surface area contributed by atoms with Gasteiger partial charge in [-0.1, -0.05) is 54.1 Å². The number of hydrogen-bond donors (Lipinski definition) is 0. The lowest BCUT2D eigenvalue weighted by atomic mass is 9.48. The zero-order valence-corrected chi connectivity index (χ0v) is 20.5. The fourth-order valence-electron chi connectivity index (χ4n) is 7.48. The third kappa shape index (κ3) is 4.59. The SMILES string of the molecule is FCCCN1CC(Cc2ccc(C3=C(C4CC5(C4)CC(F)(F)C5)CCCc4ccccc43)cc2)C1. The van der Waals surface area contributed by atoms with E-state index in [-0.39, 0.29) is 24.9 Å². The van der Waals surface area contributed by atoms with Gasteiger partial charge in [-0.2, -0.15) is 0 Å². The summed E-state index contributed by atoms with van der Waals surface area (Å²) in [5.74, 6) is -1.32. The van der Waals surface area contributed by atoms with Crippen molar-refractivity contribution in [1.29, 1.82) is 0 Å². The number of nitrogens with zero attached hydrogens (tertiary/aromatic N) is 1. The lowest BCUT2D eigenvalue weighted by Crippen LogP contribution is -2.54. The lowest BCUT2D eigenvalue weighted by Gasteiger charge is -2.58. The van der Waals surface area contributed by atoms with E-state index in [1.807, 2.05) is 0 Å². The molecule has 1 saturated heterocycles. The predicted molar refractivity (Wildman–Crippen MR) is 135 cm³/mol. The number of likely N-dealkylation sites (tertiary alicyclic amines) is 1. The van der Waals surface area contributed by atoms with Crippen molar-refractivity contribution in [3.63, 3.8) is 0 Å². The Labute approximate surface area is 207 Å². The highest BCUT2D eigenvalue weighted by Gasteiger charge is 2.62. The normalized spacial score (nSPS) is 23.9. The Kier molecular flexibility index (Phi) is 6.07. The van der Waals surface area contributed by atoms with Gasteiger partial charge in [0.05, 0.1) is 6.67 Å². The molecule has 0 atom stereocenters. The molecule has 1 aliphatic heterocycles. The monoisotopic (exact) mass is 479 g/mol. The molecule has 0 aromatic heterocycles. The van der Waals surface area contributed by atoms with Crippen molar-refractivity contribution in [2.45, 2.75) is 63.7 Å². The second kappa shape index (κ2) is 9.10. The minimum Gasteiger partial charge on any atom is -0.303 e. The summed E-state index contributed by atoms with van der Waals surface area (Å²) in [6.07, 6.45) is 7.06. The maximum absolute atomic E-state index is 13.6. The van der Waals surface area contributed by atoms with Crippen LogP contribution in [0.3, 0.4) is 0 Å². The highest BCUT2D eigenvalue weighted by Crippen LogP contribution is 2.66. The summed E-state index contributed by atoms with van der Waals surface area (Å²) in [6, 6.07) is 17.9. The molecule has 35 heavy (non-hydrogen) atoms. The van der Waals surface area contributed by atoms with Crippen molar-refractivity contribution in [3.05, 3.63) is 76.4 Å². The zero-order chi connectivity index (χ0) is 24.0. The first-order valence-corrected chi connectivity index (χ1v) is 13.5. The van der Waals surface area contributed by atoms with Gasteiger partial charge in [-0.3, -0.25) is 4.39 Å². The van der Waals surface area contributed by atoms with Gasteiger partial charge in [0.25, 0.3) is 0 Å². The molecule has 1 nitrogen and oxygen atoms in total. The van der Waals surface area contributed by atoms with Crippen molar-refractivity contribution < 1.29 is 13.2 Å². The molecule has 2 aromatic carbocycles. The van der Waals surface area contributed by atoms with Crippen LogP contribution >= 0.6 is 0 Å². The summed E-state index contributed by atoms with van der Waals surface area (Å²) in [5.41, 5.74) is 8.18. The molecule has 4 aliphatic rings. The largest absolute Gasteiger partial charge is 0.303 e. The lowest BCUT2D eigenvalue weighted by molar-refractivity contribution is -0.202. The van der Waals surface area contributed by atoms with Crippen LogP contribution in [0.4, 0.5) is 13.2 Å². The van der Waals surface area contributed by atoms with Gasteiger partial charge in [0.15, 0.2) is 0 Å². The summed E-state index contributed by atoms with van der Waals surface area (Å²) in [4.78, 5) is 2.35. The van der Waals surface area contributed by atoms with Crippen LogP contribution in [0.1, 0.15) is 67.2 Å². The van der Waals surface area contributed by atoms with Gasteiger partial charge >= 0.3 is 0 Å². The number of halogens is 3. The van der Waals surface area contributed by atoms with Crippen LogP contribution in [0.2, 0.25) is 0 Å². The Bertz CT molecular complexity index is 1080. The van der Waals surface area contributed by atoms with E-state index >= 15 is 0 Å². The number of fused-ring (bicyclic) bond motifs is 1. The molecule has 0 amide bonds. The van der Waals surface area contributed by atoms with Crippen LogP contribution < -0.4 is 0 Å². The van der Waals surface area contributed by atoms with Crippen molar-refractivity contribution >= 4 is 5.57 Å². The minimum atomic E-state index is -2.43. The van der Waals surface area contributed by atoms with Gasteiger partial charge in [0, 0.05) is 32.5 Å². The van der Waals surface area contributed by atoms with Crippen molar-refractivity contribution in [1.82, 2.24) is 4.90 Å². The molecule has 3 aliphatic carbocycles. The molecule has 1 spiro atoms. The topological polar surface area (TPSA) is 3.24 Å². The van der Waals surface area contributed by atoms with E-state index in [4.69, 9.17) is 0 Å². The zero-order valence-electron chi connectivity index (χ0n) is 20.5. The van der Waals surface area contributed by atoms with E-state index < -0.39 is 5.92 Å². The van der Waals surface area contributed by atoms with Crippen LogP contribution in [0, 0.1) is 17.3 Å². The van der Waals surface area contributed by atoms with Crippen LogP contribution in [0.5, 0.6) is 0 Å². The van der Waals surface area contributed by atoms with E-state index in [2.05, 4.69) is 53.4 Å². The third-order valence-electron chi connectivity index (χ3n) is 9.03. The number of rotatable bonds is 7. The molecule has 0 unspecified atom stereocenters. The molecule has 0 radical (unpaired) electrons. The van der Waals surface area contributed by atoms with Crippen molar-refractivity contribution in [3.8, 4) is 0 Å². The molecule has 3 fully saturated rings. The van der Waals surface area contributed by atoms with E-state index in [1.165, 1.54) is 33.4 Å². The molecular formula is C31H36F3N. The number of alkyl halides is 3. The Balaban J connectivity index is 1.23. The van der Waals surface area contributed by atoms with E-state index in [0.29, 0.717) is 18.3 Å². The summed E-state index contributed by atoms with van der Waals surface area (Å²) in [5, 5.41) is 0. The molecular weight excluding hydrogens is 443 g/mol. The second-order valence-corrected chi connectivity index (χ2v) is 11.8. The standard InChI is InChI=1S/C31H36F3N/c32-13-4-14-35-18-23(19-35)15-22-9-11-25(12-10-22)29-27-7-2-1-5-24(27)6-3-8-28(29)26-16-30(17-26)20-31(33,34)21-30/h1-2,5,7,9-12,23,26H,3-4,6,8,13-21H2. The maximum Gasteiger partial charge on any atom is 0.249 e. The van der Waals surface area contributed by atoms with Crippen LogP contribution in [-0.2, 0) is 12.8 Å². The molecule has 2 aromatic rings. The van der Waals surface area contributed by atoms with E-state index in [0.717, 1.165) is 58.2 Å². The average Bonchev–Trinajstić information content (AvgIpc) is 2.97. The van der Waals surface area contributed by atoms with Gasteiger partial charge in [-0.25, -0.2) is 8.78 Å². The number of hydrogen-bond acceptors (Lipinski definition) is 1. The van der Waals surface area contributed by atoms with Crippen LogP contribution in [-0.4, -0.2) is 37.1 Å². The summed E-state index contributed by atoms with van der Waals surface area (Å²) < 4.78 is 39.7. The van der Waals surface area contributed by atoms with E-state index in [9.17, 15) is 13.2 Å². The maximum atomic E-state index is 13.6. The summed E-state index contributed by atoms with van der Waals surface area (Å²) in [6.45, 7) is 2.81. The molecule has 2 saturated carbocycles. The predicted octanol–water partition coefficient (Wildman–Crippen LogP) is 7.48. The molecule has 186 valence electrons. The quantitative estimate of drug-likeness (QED) is 0.398. The van der Waals surface area contributed by atoms with Crippen LogP contribution in [0.15, 0.2) is 54.1 Å². The first-order valence-electron chi connectivity index (χ1n) is 13.5. The Morgan fingerprint density at radius 2 is 1.66 bits per heavy atom. The summed E-state index contributed by atoms with van der Waals surface area (Å²) in [7, 11) is 0. The van der Waals surface area contributed by atoms with Gasteiger partial charge in [-0.15, -0.1) is 0 Å². The smallest absolute Gasteiger partial charge is 0.249 e. The average molecular weight is 480 g/mol. The van der Waals surface area contributed by atoms with Crippen molar-refractivity contribution in [2.75, 3.05) is 26.3 Å². The number of benzene rings is 2. The fraction of sp³-hybridized carbons (Fsp3) is 0.548. The minimum absolute atomic E-state index is 0.0940. The Morgan fingerprint density at radius 3 is 2.37 bits per heavy atom. The Hall–Kier alpha value is -2.07. The number of aryl methyl sites for hydroxylation is 1. The highest BCUT2D eigenvalue weighted by molar-refractivity contribution is 5.84. The van der Waals surface area contributed by atoms with Gasteiger partial charge < -0.3 is 4.90 Å². The van der Waals surface area contributed by atoms with Gasteiger partial charge in [0.2, 0.25) is 5.92 Å². The van der Waals surface area contributed by atoms with Gasteiger partial charge in [-0.05, 0) is 90.0 Å². The van der Waals surface area contributed by atoms with Gasteiger partial charge in [0.1, 0.15) is 0 Å². The van der Waals surface area contributed by atoms with Crippen LogP contribution in [0.25, 0.3) is 5.57 Å². The second-order valence-electron chi connectivity index (χ2n) is 11.8. The molecule has 0 N–H and O–H groups in total. The summed E-state index contributed by atoms with van der Waals surface area (Å²) >= 11 is 0. The molecule has 6 rings (SSSR count). The molecule has 4 heteroatoms. The molecule has 1 heterocycles. The Morgan fingerprint density at radius 1 is 0.914 bits per heavy atom. The first-order chi connectivity index (χ1) is 16.9. The molecule has 0 bridgehead atoms. The fourth-order valence-corrected chi connectivity index (χ4v) is 7.48. The number of allylic oxidation sites excluding steroid dienone is 1. The van der Waals surface area contributed by atoms with Crippen molar-refractivity contribution in [2.24, 2.45) is 17.3 Å². The third-order valence-corrected chi connectivity index (χ3v) is 9.03.